The molecule has 1 aliphatic heterocycles. The van der Waals surface area contributed by atoms with Gasteiger partial charge in [-0.1, -0.05) is 18.6 Å². The largest absolute Gasteiger partial charge is 0.510 e. The number of H-pyrrole nitrogens is 1. The fourth-order valence-corrected chi connectivity index (χ4v) is 5.38. The molecule has 2 bridgehead atoms. The second-order valence-electron chi connectivity index (χ2n) is 7.98. The Morgan fingerprint density at radius 1 is 1.28 bits per heavy atom. The van der Waals surface area contributed by atoms with Crippen molar-refractivity contribution in [1.29, 1.82) is 5.41 Å². The van der Waals surface area contributed by atoms with E-state index in [0.717, 1.165) is 22.9 Å². The molecule has 1 aromatic heterocycles. The lowest BCUT2D eigenvalue weighted by atomic mass is 9.83. The van der Waals surface area contributed by atoms with Crippen LogP contribution in [0.5, 0.6) is 0 Å². The van der Waals surface area contributed by atoms with Crippen LogP contribution in [0.1, 0.15) is 38.4 Å². The summed E-state index contributed by atoms with van der Waals surface area (Å²) in [6.45, 7) is 2.66. The number of nitrogens with zero attached hydrogens (tertiary/aromatic N) is 2. The van der Waals surface area contributed by atoms with E-state index >= 15 is 0 Å². The van der Waals surface area contributed by atoms with Gasteiger partial charge in [-0.25, -0.2) is 4.98 Å². The Hall–Kier alpha value is -2.30. The van der Waals surface area contributed by atoms with Crippen molar-refractivity contribution >= 4 is 22.4 Å². The summed E-state index contributed by atoms with van der Waals surface area (Å²) in [5.41, 5.74) is 2.36. The van der Waals surface area contributed by atoms with Crippen molar-refractivity contribution in [1.82, 2.24) is 14.9 Å². The van der Waals surface area contributed by atoms with E-state index in [1.165, 1.54) is 25.7 Å². The van der Waals surface area contributed by atoms with Crippen molar-refractivity contribution in [3.63, 3.8) is 0 Å². The number of aromatic amines is 1. The van der Waals surface area contributed by atoms with Crippen molar-refractivity contribution in [3.8, 4) is 0 Å². The maximum atomic E-state index is 10.6. The zero-order chi connectivity index (χ0) is 17.1. The highest BCUT2D eigenvalue weighted by Crippen LogP contribution is 2.50. The summed E-state index contributed by atoms with van der Waals surface area (Å²) in [6.07, 6.45) is 5.39. The molecule has 3 N–H and O–H groups in total. The fourth-order valence-electron chi connectivity index (χ4n) is 5.38. The molecule has 0 radical (unpaired) electrons. The first-order valence-corrected chi connectivity index (χ1v) is 9.34. The molecule has 2 fully saturated rings. The molecule has 3 aliphatic rings. The number of aromatic nitrogens is 2. The van der Waals surface area contributed by atoms with Crippen LogP contribution >= 0.6 is 0 Å². The van der Waals surface area contributed by atoms with E-state index in [1.807, 2.05) is 24.3 Å². The van der Waals surface area contributed by atoms with Crippen molar-refractivity contribution in [3.05, 3.63) is 35.8 Å². The maximum Gasteiger partial charge on any atom is 0.145 e. The average Bonchev–Trinajstić information content (AvgIpc) is 3.36. The van der Waals surface area contributed by atoms with Gasteiger partial charge in [-0.15, -0.1) is 0 Å². The smallest absolute Gasteiger partial charge is 0.145 e. The summed E-state index contributed by atoms with van der Waals surface area (Å²) in [7, 11) is 0. The minimum absolute atomic E-state index is 0.263. The second-order valence-corrected chi connectivity index (χ2v) is 7.98. The number of amidine groups is 1. The van der Waals surface area contributed by atoms with E-state index in [9.17, 15) is 5.11 Å². The molecule has 2 heterocycles. The predicted molar refractivity (Wildman–Crippen MR) is 98.5 cm³/mol. The molecule has 5 nitrogen and oxygen atoms in total. The van der Waals surface area contributed by atoms with Crippen LogP contribution in [0, 0.1) is 23.2 Å². The average molecular weight is 336 g/mol. The van der Waals surface area contributed by atoms with E-state index < -0.39 is 0 Å². The van der Waals surface area contributed by atoms with Crippen molar-refractivity contribution in [2.75, 3.05) is 6.54 Å². The van der Waals surface area contributed by atoms with Gasteiger partial charge in [-0.05, 0) is 56.1 Å². The minimum Gasteiger partial charge on any atom is -0.510 e. The minimum atomic E-state index is 0.263. The first-order chi connectivity index (χ1) is 12.1. The van der Waals surface area contributed by atoms with Gasteiger partial charge in [0.15, 0.2) is 0 Å². The normalized spacial score (nSPS) is 30.0. The quantitative estimate of drug-likeness (QED) is 0.794. The lowest BCUT2D eigenvalue weighted by molar-refractivity contribution is 0.184. The Morgan fingerprint density at radius 2 is 2.12 bits per heavy atom. The molecule has 5 rings (SSSR count). The lowest BCUT2D eigenvalue weighted by Gasteiger charge is -2.35. The van der Waals surface area contributed by atoms with Crippen LogP contribution in [-0.2, 0) is 0 Å². The third kappa shape index (κ3) is 2.21. The van der Waals surface area contributed by atoms with Gasteiger partial charge >= 0.3 is 0 Å². The van der Waals surface area contributed by atoms with Gasteiger partial charge in [-0.2, -0.15) is 0 Å². The fraction of sp³-hybridized carbons (Fsp3) is 0.500. The molecule has 5 heteroatoms. The Kier molecular flexibility index (Phi) is 3.21. The van der Waals surface area contributed by atoms with Crippen molar-refractivity contribution in [2.45, 2.75) is 38.6 Å². The molecule has 0 spiro atoms. The molecule has 2 saturated carbocycles. The predicted octanol–water partition coefficient (Wildman–Crippen LogP) is 3.95. The highest BCUT2D eigenvalue weighted by atomic mass is 16.3. The first kappa shape index (κ1) is 15.0. The molecule has 25 heavy (non-hydrogen) atoms. The van der Waals surface area contributed by atoms with Gasteiger partial charge in [0.2, 0.25) is 0 Å². The van der Waals surface area contributed by atoms with Gasteiger partial charge in [0, 0.05) is 6.04 Å². The monoisotopic (exact) mass is 336 g/mol. The Labute approximate surface area is 147 Å². The number of fused-ring (bicyclic) bond motifs is 3. The number of aliphatic hydroxyl groups excluding tert-OH is 1. The Morgan fingerprint density at radius 3 is 2.84 bits per heavy atom. The number of aliphatic hydroxyl groups is 1. The van der Waals surface area contributed by atoms with Crippen LogP contribution in [-0.4, -0.2) is 38.4 Å². The zero-order valence-corrected chi connectivity index (χ0v) is 14.5. The number of rotatable bonds is 3. The highest BCUT2D eigenvalue weighted by Gasteiger charge is 2.45. The molecule has 1 aromatic carbocycles. The summed E-state index contributed by atoms with van der Waals surface area (Å²) in [5.74, 6) is 3.63. The summed E-state index contributed by atoms with van der Waals surface area (Å²) >= 11 is 0. The molecule has 4 unspecified atom stereocenters. The lowest BCUT2D eigenvalue weighted by Crippen LogP contribution is -2.42. The number of hydrogen-bond acceptors (Lipinski definition) is 3. The molecule has 4 atom stereocenters. The third-order valence-electron chi connectivity index (χ3n) is 6.66. The van der Waals surface area contributed by atoms with Crippen LogP contribution in [0.15, 0.2) is 30.0 Å². The van der Waals surface area contributed by atoms with Gasteiger partial charge in [0.05, 0.1) is 23.2 Å². The van der Waals surface area contributed by atoms with Gasteiger partial charge in [0.25, 0.3) is 0 Å². The maximum absolute atomic E-state index is 10.6. The molecule has 2 aliphatic carbocycles. The van der Waals surface area contributed by atoms with Crippen LogP contribution in [0.25, 0.3) is 16.6 Å². The van der Waals surface area contributed by atoms with Crippen LogP contribution < -0.4 is 0 Å². The topological polar surface area (TPSA) is 76.0 Å². The molecular formula is C20H24N4O. The van der Waals surface area contributed by atoms with Crippen LogP contribution in [0.4, 0.5) is 0 Å². The van der Waals surface area contributed by atoms with E-state index in [-0.39, 0.29) is 5.76 Å². The highest BCUT2D eigenvalue weighted by molar-refractivity contribution is 6.23. The van der Waals surface area contributed by atoms with Crippen LogP contribution in [0.3, 0.4) is 0 Å². The van der Waals surface area contributed by atoms with E-state index in [2.05, 4.69) is 21.8 Å². The molecule has 0 saturated heterocycles. The summed E-state index contributed by atoms with van der Waals surface area (Å²) in [6, 6.07) is 8.12. The number of para-hydroxylation sites is 2. The summed E-state index contributed by atoms with van der Waals surface area (Å²) < 4.78 is 0. The van der Waals surface area contributed by atoms with Gasteiger partial charge < -0.3 is 15.0 Å². The number of imidazole rings is 1. The number of nitrogens with one attached hydrogen (secondary N) is 2. The number of hydrogen-bond donors (Lipinski definition) is 3. The molecule has 2 aromatic rings. The van der Waals surface area contributed by atoms with Crippen LogP contribution in [0.2, 0.25) is 0 Å². The third-order valence-corrected chi connectivity index (χ3v) is 6.66. The van der Waals surface area contributed by atoms with Gasteiger partial charge in [0.1, 0.15) is 17.4 Å². The van der Waals surface area contributed by atoms with Gasteiger partial charge in [-0.3, -0.25) is 5.41 Å². The molecular weight excluding hydrogens is 312 g/mol. The van der Waals surface area contributed by atoms with E-state index in [0.29, 0.717) is 35.7 Å². The molecule has 0 amide bonds. The first-order valence-electron chi connectivity index (χ1n) is 9.34. The van der Waals surface area contributed by atoms with Crippen molar-refractivity contribution < 1.29 is 5.11 Å². The zero-order valence-electron chi connectivity index (χ0n) is 14.5. The standard InChI is InChI=1S/C20H24N4O/c1-11(14-9-12-6-7-13(14)8-12)24-10-17(25)18(19(24)21)20-22-15-4-2-3-5-16(15)23-20/h2-5,11-14,21,25H,6-10H2,1H3,(H,22,23). The molecule has 130 valence electrons. The van der Waals surface area contributed by atoms with E-state index in [4.69, 9.17) is 5.41 Å². The Bertz CT molecular complexity index is 850. The number of benzene rings is 1. The summed E-state index contributed by atoms with van der Waals surface area (Å²) in [5, 5.41) is 19.3. The van der Waals surface area contributed by atoms with Crippen molar-refractivity contribution in [2.24, 2.45) is 17.8 Å². The SMILES string of the molecule is CC(C1CC2CCC1C2)N1CC(O)=C(c2nc3ccccc3[nH]2)C1=N. The van der Waals surface area contributed by atoms with E-state index in [1.54, 1.807) is 0 Å². The Balaban J connectivity index is 1.42. The second kappa shape index (κ2) is 5.35. The summed E-state index contributed by atoms with van der Waals surface area (Å²) in [4.78, 5) is 9.91.